The molecule has 1 aliphatic rings. The zero-order chi connectivity index (χ0) is 18.4. The molecule has 8 heteroatoms. The topological polar surface area (TPSA) is 63.7 Å². The molecule has 25 heavy (non-hydrogen) atoms. The van der Waals surface area contributed by atoms with Crippen molar-refractivity contribution in [3.05, 3.63) is 28.2 Å². The zero-order valence-corrected chi connectivity index (χ0v) is 16.5. The van der Waals surface area contributed by atoms with Crippen molar-refractivity contribution in [2.75, 3.05) is 32.0 Å². The van der Waals surface area contributed by atoms with Gasteiger partial charge in [-0.05, 0) is 43.9 Å². The maximum Gasteiger partial charge on any atom is 0.307 e. The Morgan fingerprint density at radius 1 is 1.28 bits per heavy atom. The summed E-state index contributed by atoms with van der Waals surface area (Å²) in [4.78, 5) is 13.6. The van der Waals surface area contributed by atoms with Crippen molar-refractivity contribution in [3.8, 4) is 0 Å². The second kappa shape index (κ2) is 9.21. The number of sulfone groups is 1. The van der Waals surface area contributed by atoms with E-state index in [2.05, 4.69) is 0 Å². The van der Waals surface area contributed by atoms with Crippen LogP contribution < -0.4 is 0 Å². The minimum Gasteiger partial charge on any atom is -0.466 e. The first-order chi connectivity index (χ1) is 11.8. The summed E-state index contributed by atoms with van der Waals surface area (Å²) in [6, 6.07) is 4.42. The Hall–Kier alpha value is -0.820. The molecule has 140 valence electrons. The number of hydrogen-bond acceptors (Lipinski definition) is 5. The standard InChI is InChI=1S/C17H23Cl2NO4S/c1-2-24-17(21)7-8-20(12-13-3-4-13)9-10-25(22,23)16-11-14(18)5-6-15(16)19/h5-6,11,13H,2-4,7-10,12H2,1H3. The fraction of sp³-hybridized carbons (Fsp3) is 0.588. The molecule has 0 heterocycles. The Kier molecular flexibility index (Phi) is 7.55. The lowest BCUT2D eigenvalue weighted by Gasteiger charge is -2.22. The molecule has 0 aliphatic heterocycles. The van der Waals surface area contributed by atoms with E-state index in [0.29, 0.717) is 30.6 Å². The highest BCUT2D eigenvalue weighted by Crippen LogP contribution is 2.30. The molecule has 0 atom stereocenters. The summed E-state index contributed by atoms with van der Waals surface area (Å²) in [5, 5.41) is 0.504. The average Bonchev–Trinajstić information content (AvgIpc) is 3.36. The molecule has 0 bridgehead atoms. The second-order valence-corrected chi connectivity index (χ2v) is 9.11. The summed E-state index contributed by atoms with van der Waals surface area (Å²) in [6.45, 7) is 3.76. The molecule has 1 aromatic rings. The largest absolute Gasteiger partial charge is 0.466 e. The summed E-state index contributed by atoms with van der Waals surface area (Å²) < 4.78 is 30.1. The van der Waals surface area contributed by atoms with E-state index in [-0.39, 0.29) is 28.1 Å². The Bertz CT molecular complexity index is 705. The predicted molar refractivity (Wildman–Crippen MR) is 98.9 cm³/mol. The number of hydrogen-bond donors (Lipinski definition) is 0. The number of rotatable bonds is 10. The van der Waals surface area contributed by atoms with Gasteiger partial charge in [0, 0.05) is 24.7 Å². The van der Waals surface area contributed by atoms with Gasteiger partial charge in [0.1, 0.15) is 0 Å². The number of halogens is 2. The Balaban J connectivity index is 1.98. The number of carbonyl (C=O) groups is 1. The molecule has 1 saturated carbocycles. The van der Waals surface area contributed by atoms with Crippen LogP contribution in [0.2, 0.25) is 10.0 Å². The quantitative estimate of drug-likeness (QED) is 0.555. The molecule has 1 fully saturated rings. The first-order valence-corrected chi connectivity index (χ1v) is 10.8. The third kappa shape index (κ3) is 6.77. The van der Waals surface area contributed by atoms with Crippen LogP contribution >= 0.6 is 23.2 Å². The fourth-order valence-electron chi connectivity index (χ4n) is 2.52. The van der Waals surface area contributed by atoms with E-state index in [9.17, 15) is 13.2 Å². The van der Waals surface area contributed by atoms with Crippen molar-refractivity contribution in [2.24, 2.45) is 5.92 Å². The second-order valence-electron chi connectivity index (χ2n) is 6.19. The number of ether oxygens (including phenoxy) is 1. The first kappa shape index (κ1) is 20.5. The van der Waals surface area contributed by atoms with Crippen molar-refractivity contribution >= 4 is 39.0 Å². The molecule has 0 N–H and O–H groups in total. The number of carbonyl (C=O) groups excluding carboxylic acids is 1. The fourth-order valence-corrected chi connectivity index (χ4v) is 4.61. The van der Waals surface area contributed by atoms with E-state index in [4.69, 9.17) is 27.9 Å². The minimum absolute atomic E-state index is 0.0541. The normalized spacial score (nSPS) is 14.7. The van der Waals surface area contributed by atoms with Gasteiger partial charge in [0.2, 0.25) is 0 Å². The molecule has 0 amide bonds. The molecule has 0 aromatic heterocycles. The van der Waals surface area contributed by atoms with Gasteiger partial charge in [-0.15, -0.1) is 0 Å². The first-order valence-electron chi connectivity index (χ1n) is 8.37. The van der Waals surface area contributed by atoms with Gasteiger partial charge < -0.3 is 9.64 Å². The minimum atomic E-state index is -3.55. The third-order valence-electron chi connectivity index (χ3n) is 4.06. The van der Waals surface area contributed by atoms with Crippen LogP contribution in [0.3, 0.4) is 0 Å². The molecular weight excluding hydrogens is 385 g/mol. The van der Waals surface area contributed by atoms with Crippen LogP contribution in [-0.2, 0) is 19.4 Å². The predicted octanol–water partition coefficient (Wildman–Crippen LogP) is 3.43. The van der Waals surface area contributed by atoms with Crippen LogP contribution in [-0.4, -0.2) is 51.3 Å². The summed E-state index contributed by atoms with van der Waals surface area (Å²) in [6.07, 6.45) is 2.57. The maximum absolute atomic E-state index is 12.6. The van der Waals surface area contributed by atoms with Crippen LogP contribution in [0.4, 0.5) is 0 Å². The highest BCUT2D eigenvalue weighted by molar-refractivity contribution is 7.91. The van der Waals surface area contributed by atoms with E-state index < -0.39 is 9.84 Å². The lowest BCUT2D eigenvalue weighted by molar-refractivity contribution is -0.143. The number of esters is 1. The van der Waals surface area contributed by atoms with E-state index in [1.165, 1.54) is 12.1 Å². The lowest BCUT2D eigenvalue weighted by atomic mass is 10.3. The monoisotopic (exact) mass is 407 g/mol. The maximum atomic E-state index is 12.6. The molecule has 1 aliphatic carbocycles. The molecule has 0 unspecified atom stereocenters. The Labute approximate surface area is 159 Å². The highest BCUT2D eigenvalue weighted by atomic mass is 35.5. The number of nitrogens with zero attached hydrogens (tertiary/aromatic N) is 1. The van der Waals surface area contributed by atoms with Crippen LogP contribution in [0.15, 0.2) is 23.1 Å². The third-order valence-corrected chi connectivity index (χ3v) is 6.46. The van der Waals surface area contributed by atoms with Crippen molar-refractivity contribution in [3.63, 3.8) is 0 Å². The Morgan fingerprint density at radius 2 is 2.00 bits per heavy atom. The van der Waals surface area contributed by atoms with Gasteiger partial charge in [-0.25, -0.2) is 8.42 Å². The molecule has 2 rings (SSSR count). The van der Waals surface area contributed by atoms with Crippen LogP contribution in [0.25, 0.3) is 0 Å². The van der Waals surface area contributed by atoms with Gasteiger partial charge >= 0.3 is 5.97 Å². The summed E-state index contributed by atoms with van der Waals surface area (Å²) in [5.74, 6) is 0.270. The van der Waals surface area contributed by atoms with Crippen molar-refractivity contribution in [1.82, 2.24) is 4.90 Å². The zero-order valence-electron chi connectivity index (χ0n) is 14.2. The average molecular weight is 408 g/mol. The van der Waals surface area contributed by atoms with Gasteiger partial charge in [0.05, 0.1) is 28.7 Å². The van der Waals surface area contributed by atoms with Crippen molar-refractivity contribution in [2.45, 2.75) is 31.1 Å². The molecular formula is C17H23Cl2NO4S. The Morgan fingerprint density at radius 3 is 2.64 bits per heavy atom. The molecule has 5 nitrogen and oxygen atoms in total. The van der Waals surface area contributed by atoms with Crippen LogP contribution in [0, 0.1) is 5.92 Å². The van der Waals surface area contributed by atoms with Crippen molar-refractivity contribution in [1.29, 1.82) is 0 Å². The van der Waals surface area contributed by atoms with E-state index in [0.717, 1.165) is 19.4 Å². The van der Waals surface area contributed by atoms with Gasteiger partial charge in [-0.2, -0.15) is 0 Å². The summed E-state index contributed by atoms with van der Waals surface area (Å²) >= 11 is 11.9. The van der Waals surface area contributed by atoms with E-state index in [1.54, 1.807) is 13.0 Å². The molecule has 0 spiro atoms. The lowest BCUT2D eigenvalue weighted by Crippen LogP contribution is -2.33. The van der Waals surface area contributed by atoms with Gasteiger partial charge in [-0.1, -0.05) is 23.2 Å². The molecule has 0 radical (unpaired) electrons. The number of benzene rings is 1. The van der Waals surface area contributed by atoms with Crippen LogP contribution in [0.1, 0.15) is 26.2 Å². The smallest absolute Gasteiger partial charge is 0.307 e. The van der Waals surface area contributed by atoms with Gasteiger partial charge in [0.25, 0.3) is 0 Å². The molecule has 0 saturated heterocycles. The molecule has 1 aromatic carbocycles. The van der Waals surface area contributed by atoms with E-state index >= 15 is 0 Å². The summed E-state index contributed by atoms with van der Waals surface area (Å²) in [7, 11) is -3.55. The van der Waals surface area contributed by atoms with Crippen LogP contribution in [0.5, 0.6) is 0 Å². The highest BCUT2D eigenvalue weighted by Gasteiger charge is 2.26. The summed E-state index contributed by atoms with van der Waals surface area (Å²) in [5.41, 5.74) is 0. The van der Waals surface area contributed by atoms with E-state index in [1.807, 2.05) is 4.90 Å². The van der Waals surface area contributed by atoms with Gasteiger partial charge in [0.15, 0.2) is 9.84 Å². The van der Waals surface area contributed by atoms with Gasteiger partial charge in [-0.3, -0.25) is 4.79 Å². The van der Waals surface area contributed by atoms with Crippen molar-refractivity contribution < 1.29 is 17.9 Å². The SMILES string of the molecule is CCOC(=O)CCN(CCS(=O)(=O)c1cc(Cl)ccc1Cl)CC1CC1.